The van der Waals surface area contributed by atoms with E-state index >= 15 is 0 Å². The number of esters is 1. The Morgan fingerprint density at radius 3 is 2.35 bits per heavy atom. The number of carbonyl (C=O) groups is 2. The molecule has 34 heavy (non-hydrogen) atoms. The largest absolute Gasteiger partial charge is 0.478 e. The molecule has 0 radical (unpaired) electrons. The Morgan fingerprint density at radius 1 is 1.09 bits per heavy atom. The number of carboxylic acid groups (broad SMARTS) is 1. The lowest BCUT2D eigenvalue weighted by Gasteiger charge is -2.22. The maximum Gasteiger partial charge on any atom is 0.416 e. The van der Waals surface area contributed by atoms with Crippen LogP contribution in [0, 0.1) is 6.92 Å². The van der Waals surface area contributed by atoms with Crippen LogP contribution < -0.4 is 4.74 Å². The molecule has 180 valence electrons. The van der Waals surface area contributed by atoms with Crippen molar-refractivity contribution in [1.82, 2.24) is 15.0 Å². The molecule has 0 spiro atoms. The summed E-state index contributed by atoms with van der Waals surface area (Å²) in [4.78, 5) is 23.6. The molecule has 0 amide bonds. The molecule has 3 rings (SSSR count). The van der Waals surface area contributed by atoms with Crippen molar-refractivity contribution in [2.45, 2.75) is 45.7 Å². The first-order valence-corrected chi connectivity index (χ1v) is 10.1. The van der Waals surface area contributed by atoms with Crippen LogP contribution in [0.25, 0.3) is 0 Å². The molecule has 0 saturated heterocycles. The minimum absolute atomic E-state index is 0.158. The number of hydrogen-bond donors (Lipinski definition) is 1. The Morgan fingerprint density at radius 2 is 1.76 bits per heavy atom. The molecule has 0 atom stereocenters. The quantitative estimate of drug-likeness (QED) is 0.484. The van der Waals surface area contributed by atoms with Crippen LogP contribution in [0.2, 0.25) is 0 Å². The van der Waals surface area contributed by atoms with Crippen molar-refractivity contribution in [1.29, 1.82) is 0 Å². The first-order valence-electron chi connectivity index (χ1n) is 10.1. The molecule has 11 heteroatoms. The van der Waals surface area contributed by atoms with Gasteiger partial charge in [0.25, 0.3) is 0 Å². The van der Waals surface area contributed by atoms with Gasteiger partial charge in [0.1, 0.15) is 18.1 Å². The maximum atomic E-state index is 12.7. The Labute approximate surface area is 192 Å². The van der Waals surface area contributed by atoms with Gasteiger partial charge >= 0.3 is 18.1 Å². The monoisotopic (exact) mass is 477 g/mol. The number of carbonyl (C=O) groups excluding carboxylic acids is 1. The van der Waals surface area contributed by atoms with Crippen LogP contribution in [0.15, 0.2) is 48.7 Å². The molecule has 3 aromatic rings. The van der Waals surface area contributed by atoms with Crippen molar-refractivity contribution < 1.29 is 37.3 Å². The van der Waals surface area contributed by atoms with E-state index in [0.29, 0.717) is 22.6 Å². The van der Waals surface area contributed by atoms with Gasteiger partial charge in [-0.25, -0.2) is 14.3 Å². The van der Waals surface area contributed by atoms with E-state index in [4.69, 9.17) is 9.47 Å². The van der Waals surface area contributed by atoms with Crippen LogP contribution in [-0.2, 0) is 28.9 Å². The Kier molecular flexibility index (Phi) is 6.94. The summed E-state index contributed by atoms with van der Waals surface area (Å²) >= 11 is 0. The van der Waals surface area contributed by atoms with Gasteiger partial charge in [-0.1, -0.05) is 17.3 Å². The average molecular weight is 477 g/mol. The molecule has 0 aliphatic rings. The number of hydrogen-bond acceptors (Lipinski definition) is 6. The number of nitrogens with zero attached hydrogens (tertiary/aromatic N) is 3. The summed E-state index contributed by atoms with van der Waals surface area (Å²) < 4.78 is 50.2. The van der Waals surface area contributed by atoms with E-state index in [2.05, 4.69) is 10.3 Å². The SMILES string of the molecule is Cc1cc(C(=O)OCc2cn(Cc3ccc(C(F)(F)F)cc3)nn2)ccc1OC(C)(C)C(=O)O. The zero-order valence-electron chi connectivity index (χ0n) is 18.6. The predicted molar refractivity (Wildman–Crippen MR) is 113 cm³/mol. The molecular weight excluding hydrogens is 455 g/mol. The number of carboxylic acids is 1. The Balaban J connectivity index is 1.57. The third kappa shape index (κ3) is 6.12. The number of halogens is 3. The van der Waals surface area contributed by atoms with E-state index in [9.17, 15) is 27.9 Å². The van der Waals surface area contributed by atoms with Gasteiger partial charge in [0.15, 0.2) is 5.60 Å². The summed E-state index contributed by atoms with van der Waals surface area (Å²) in [5.74, 6) is -1.42. The number of ether oxygens (including phenoxy) is 2. The molecule has 1 heterocycles. The van der Waals surface area contributed by atoms with E-state index in [1.807, 2.05) is 0 Å². The zero-order valence-corrected chi connectivity index (χ0v) is 18.6. The van der Waals surface area contributed by atoms with Gasteiger partial charge in [-0.05, 0) is 62.2 Å². The topological polar surface area (TPSA) is 104 Å². The van der Waals surface area contributed by atoms with Gasteiger partial charge in [-0.15, -0.1) is 5.10 Å². The number of aryl methyl sites for hydroxylation is 1. The van der Waals surface area contributed by atoms with E-state index < -0.39 is 29.3 Å². The maximum absolute atomic E-state index is 12.7. The third-order valence-electron chi connectivity index (χ3n) is 4.85. The van der Waals surface area contributed by atoms with Crippen LogP contribution in [0.5, 0.6) is 5.75 Å². The highest BCUT2D eigenvalue weighted by Gasteiger charge is 2.30. The van der Waals surface area contributed by atoms with Gasteiger partial charge in [-0.2, -0.15) is 13.2 Å². The van der Waals surface area contributed by atoms with Gasteiger partial charge < -0.3 is 14.6 Å². The van der Waals surface area contributed by atoms with Crippen molar-refractivity contribution in [3.8, 4) is 5.75 Å². The van der Waals surface area contributed by atoms with Crippen LogP contribution in [-0.4, -0.2) is 37.6 Å². The van der Waals surface area contributed by atoms with Gasteiger partial charge in [0, 0.05) is 0 Å². The lowest BCUT2D eigenvalue weighted by molar-refractivity contribution is -0.152. The summed E-state index contributed by atoms with van der Waals surface area (Å²) in [7, 11) is 0. The zero-order chi connectivity index (χ0) is 25.1. The van der Waals surface area contributed by atoms with Crippen LogP contribution in [0.3, 0.4) is 0 Å². The number of benzene rings is 2. The van der Waals surface area contributed by atoms with E-state index in [1.165, 1.54) is 55.1 Å². The van der Waals surface area contributed by atoms with Crippen LogP contribution >= 0.6 is 0 Å². The molecule has 0 saturated carbocycles. The highest BCUT2D eigenvalue weighted by Crippen LogP contribution is 2.29. The lowest BCUT2D eigenvalue weighted by atomic mass is 10.1. The summed E-state index contributed by atoms with van der Waals surface area (Å²) in [6, 6.07) is 9.19. The standard InChI is InChI=1S/C23H22F3N3O5/c1-14-10-16(6-9-19(14)34-22(2,3)21(31)32)20(30)33-13-18-12-29(28-27-18)11-15-4-7-17(8-5-15)23(24,25)26/h4-10,12H,11,13H2,1-3H3,(H,31,32). The molecule has 2 aromatic carbocycles. The normalized spacial score (nSPS) is 11.8. The summed E-state index contributed by atoms with van der Waals surface area (Å²) in [6.07, 6.45) is -2.87. The number of aromatic nitrogens is 3. The van der Waals surface area contributed by atoms with Crippen molar-refractivity contribution in [3.05, 3.63) is 76.6 Å². The van der Waals surface area contributed by atoms with Gasteiger partial charge in [-0.3, -0.25) is 0 Å². The molecule has 8 nitrogen and oxygen atoms in total. The minimum atomic E-state index is -4.40. The summed E-state index contributed by atoms with van der Waals surface area (Å²) in [6.45, 7) is 4.56. The number of alkyl halides is 3. The molecule has 0 unspecified atom stereocenters. The molecule has 0 fully saturated rings. The predicted octanol–water partition coefficient (Wildman–Crippen LogP) is 4.25. The highest BCUT2D eigenvalue weighted by atomic mass is 19.4. The fourth-order valence-electron chi connectivity index (χ4n) is 2.90. The van der Waals surface area contributed by atoms with Crippen molar-refractivity contribution in [3.63, 3.8) is 0 Å². The Hall–Kier alpha value is -3.89. The first kappa shape index (κ1) is 24.7. The second-order valence-corrected chi connectivity index (χ2v) is 8.08. The van der Waals surface area contributed by atoms with Crippen molar-refractivity contribution >= 4 is 11.9 Å². The molecule has 0 bridgehead atoms. The van der Waals surface area contributed by atoms with E-state index in [1.54, 1.807) is 6.92 Å². The second-order valence-electron chi connectivity index (χ2n) is 8.08. The highest BCUT2D eigenvalue weighted by molar-refractivity contribution is 5.89. The lowest BCUT2D eigenvalue weighted by Crippen LogP contribution is -2.38. The molecule has 0 aliphatic heterocycles. The van der Waals surface area contributed by atoms with Gasteiger partial charge in [0.05, 0.1) is 23.9 Å². The molecular formula is C23H22F3N3O5. The summed E-state index contributed by atoms with van der Waals surface area (Å²) in [5.41, 5.74) is -0.395. The fourth-order valence-corrected chi connectivity index (χ4v) is 2.90. The Bertz CT molecular complexity index is 1190. The van der Waals surface area contributed by atoms with E-state index in [-0.39, 0.29) is 18.7 Å². The van der Waals surface area contributed by atoms with Crippen molar-refractivity contribution in [2.24, 2.45) is 0 Å². The third-order valence-corrected chi connectivity index (χ3v) is 4.85. The van der Waals surface area contributed by atoms with Crippen LogP contribution in [0.1, 0.15) is 46.6 Å². The number of rotatable bonds is 8. The second kappa shape index (κ2) is 9.54. The number of aliphatic carboxylic acids is 1. The fraction of sp³-hybridized carbons (Fsp3) is 0.304. The smallest absolute Gasteiger partial charge is 0.416 e. The van der Waals surface area contributed by atoms with E-state index in [0.717, 1.165) is 12.1 Å². The van der Waals surface area contributed by atoms with Crippen LogP contribution in [0.4, 0.5) is 13.2 Å². The summed E-state index contributed by atoms with van der Waals surface area (Å²) in [5, 5.41) is 17.0. The molecule has 0 aliphatic carbocycles. The molecule has 1 aromatic heterocycles. The van der Waals surface area contributed by atoms with Gasteiger partial charge in [0.2, 0.25) is 0 Å². The van der Waals surface area contributed by atoms with Crippen molar-refractivity contribution in [2.75, 3.05) is 0 Å². The molecule has 1 N–H and O–H groups in total. The minimum Gasteiger partial charge on any atom is -0.478 e. The average Bonchev–Trinajstić information content (AvgIpc) is 3.20. The first-order chi connectivity index (χ1) is 15.8.